The summed E-state index contributed by atoms with van der Waals surface area (Å²) in [6.45, 7) is 5.03. The molecule has 3 N–H and O–H groups in total. The van der Waals surface area contributed by atoms with Gasteiger partial charge in [0.15, 0.2) is 5.00 Å². The number of nitrogens with zero attached hydrogens (tertiary/aromatic N) is 3. The van der Waals surface area contributed by atoms with E-state index in [-0.39, 0.29) is 21.5 Å². The van der Waals surface area contributed by atoms with Gasteiger partial charge in [0.05, 0.1) is 17.2 Å². The second-order valence-electron chi connectivity index (χ2n) is 7.08. The molecule has 1 saturated heterocycles. The van der Waals surface area contributed by atoms with Gasteiger partial charge < -0.3 is 14.4 Å². The van der Waals surface area contributed by atoms with Gasteiger partial charge in [-0.1, -0.05) is 23.5 Å². The number of nitro groups is 1. The number of nitrogens with one attached hydrogen (secondary N) is 1. The van der Waals surface area contributed by atoms with Crippen LogP contribution in [-0.2, 0) is 14.8 Å². The highest BCUT2D eigenvalue weighted by molar-refractivity contribution is 7.91. The molecule has 3 rings (SSSR count). The van der Waals surface area contributed by atoms with Crippen molar-refractivity contribution in [1.82, 2.24) is 4.90 Å². The zero-order valence-corrected chi connectivity index (χ0v) is 19.6. The van der Waals surface area contributed by atoms with Crippen LogP contribution in [0, 0.1) is 10.1 Å². The van der Waals surface area contributed by atoms with Crippen molar-refractivity contribution >= 4 is 43.8 Å². The van der Waals surface area contributed by atoms with Crippen molar-refractivity contribution in [2.24, 2.45) is 5.14 Å². The second kappa shape index (κ2) is 10.8. The number of benzene rings is 1. The number of ether oxygens (including phenoxy) is 2. The Kier molecular flexibility index (Phi) is 8.07. The van der Waals surface area contributed by atoms with Gasteiger partial charge in [0.1, 0.15) is 16.6 Å². The fraction of sp³-hybridized carbons (Fsp3) is 0.421. The van der Waals surface area contributed by atoms with E-state index in [4.69, 9.17) is 14.6 Å². The molecule has 180 valence electrons. The number of rotatable bonds is 9. The summed E-state index contributed by atoms with van der Waals surface area (Å²) < 4.78 is 33.6. The highest BCUT2D eigenvalue weighted by Crippen LogP contribution is 2.39. The predicted octanol–water partition coefficient (Wildman–Crippen LogP) is 2.07. The van der Waals surface area contributed by atoms with Crippen molar-refractivity contribution in [3.05, 3.63) is 40.4 Å². The van der Waals surface area contributed by atoms with Gasteiger partial charge in [-0.05, 0) is 19.1 Å². The Morgan fingerprint density at radius 1 is 1.27 bits per heavy atom. The third-order valence-electron chi connectivity index (χ3n) is 4.87. The summed E-state index contributed by atoms with van der Waals surface area (Å²) in [5.74, 6) is 0.557. The van der Waals surface area contributed by atoms with Crippen LogP contribution >= 0.6 is 11.3 Å². The SMILES string of the molecule is CCOc1ccccc1NC(=O)OCCN1CCN(c2sc(S(N)(=O)=O)cc2[N+](=O)[O-])CC1. The number of carbonyl (C=O) groups is 1. The number of primary sulfonamides is 1. The molecule has 33 heavy (non-hydrogen) atoms. The largest absolute Gasteiger partial charge is 0.492 e. The number of thiophene rings is 1. The van der Waals surface area contributed by atoms with E-state index in [1.54, 1.807) is 23.1 Å². The van der Waals surface area contributed by atoms with Crippen LogP contribution in [0.1, 0.15) is 6.92 Å². The quantitative estimate of drug-likeness (QED) is 0.389. The number of sulfonamides is 1. The van der Waals surface area contributed by atoms with Crippen LogP contribution in [-0.4, -0.2) is 70.3 Å². The first-order chi connectivity index (χ1) is 15.7. The smallest absolute Gasteiger partial charge is 0.411 e. The van der Waals surface area contributed by atoms with E-state index in [1.807, 2.05) is 13.0 Å². The zero-order chi connectivity index (χ0) is 24.0. The van der Waals surface area contributed by atoms with Crippen LogP contribution in [0.15, 0.2) is 34.5 Å². The molecule has 0 radical (unpaired) electrons. The number of hydrogen-bond acceptors (Lipinski definition) is 10. The van der Waals surface area contributed by atoms with Crippen molar-refractivity contribution in [1.29, 1.82) is 0 Å². The summed E-state index contributed by atoms with van der Waals surface area (Å²) >= 11 is 0.795. The summed E-state index contributed by atoms with van der Waals surface area (Å²) in [6, 6.07) is 8.06. The summed E-state index contributed by atoms with van der Waals surface area (Å²) in [7, 11) is -4.02. The maximum Gasteiger partial charge on any atom is 0.411 e. The molecule has 0 aliphatic carbocycles. The lowest BCUT2D eigenvalue weighted by molar-refractivity contribution is -0.383. The highest BCUT2D eigenvalue weighted by Gasteiger charge is 2.29. The number of amides is 1. The summed E-state index contributed by atoms with van der Waals surface area (Å²) in [5.41, 5.74) is 0.249. The lowest BCUT2D eigenvalue weighted by Gasteiger charge is -2.34. The standard InChI is InChI=1S/C19H25N5O7S2/c1-2-30-16-6-4-3-5-14(16)21-19(25)31-12-11-22-7-9-23(10-8-22)18-15(24(26)27)13-17(32-18)33(20,28)29/h3-6,13H,2,7-12H2,1H3,(H,21,25)(H2,20,28,29). The van der Waals surface area contributed by atoms with Crippen LogP contribution < -0.4 is 20.1 Å². The Labute approximate surface area is 195 Å². The van der Waals surface area contributed by atoms with Gasteiger partial charge in [0.2, 0.25) is 10.0 Å². The molecule has 1 fully saturated rings. The van der Waals surface area contributed by atoms with Crippen LogP contribution in [0.2, 0.25) is 0 Å². The van der Waals surface area contributed by atoms with Crippen LogP contribution in [0.4, 0.5) is 21.2 Å². The Balaban J connectivity index is 1.48. The van der Waals surface area contributed by atoms with E-state index >= 15 is 0 Å². The summed E-state index contributed by atoms with van der Waals surface area (Å²) in [5, 5.41) is 19.4. The van der Waals surface area contributed by atoms with E-state index in [0.29, 0.717) is 50.8 Å². The molecule has 2 aromatic rings. The van der Waals surface area contributed by atoms with E-state index < -0.39 is 21.0 Å². The molecule has 2 heterocycles. The molecule has 0 bridgehead atoms. The molecule has 0 saturated carbocycles. The maximum atomic E-state index is 12.1. The molecule has 1 aromatic heterocycles. The van der Waals surface area contributed by atoms with Gasteiger partial charge in [-0.3, -0.25) is 20.3 Å². The van der Waals surface area contributed by atoms with E-state index in [0.717, 1.165) is 17.4 Å². The summed E-state index contributed by atoms with van der Waals surface area (Å²) in [6.07, 6.45) is -0.592. The lowest BCUT2D eigenvalue weighted by Crippen LogP contribution is -2.47. The zero-order valence-electron chi connectivity index (χ0n) is 17.9. The van der Waals surface area contributed by atoms with Gasteiger partial charge in [0, 0.05) is 38.8 Å². The minimum Gasteiger partial charge on any atom is -0.492 e. The molecule has 1 amide bonds. The maximum absolute atomic E-state index is 12.1. The third-order valence-corrected chi connectivity index (χ3v) is 7.48. The third kappa shape index (κ3) is 6.54. The molecule has 0 atom stereocenters. The molecule has 1 aliphatic heterocycles. The van der Waals surface area contributed by atoms with Gasteiger partial charge in [-0.2, -0.15) is 0 Å². The molecule has 12 nitrogen and oxygen atoms in total. The van der Waals surface area contributed by atoms with Gasteiger partial charge in [-0.15, -0.1) is 0 Å². The number of para-hydroxylation sites is 2. The van der Waals surface area contributed by atoms with Crippen LogP contribution in [0.3, 0.4) is 0 Å². The number of hydrogen-bond donors (Lipinski definition) is 2. The van der Waals surface area contributed by atoms with Gasteiger partial charge in [0.25, 0.3) is 0 Å². The Bertz CT molecular complexity index is 1100. The van der Waals surface area contributed by atoms with Gasteiger partial charge in [-0.25, -0.2) is 18.4 Å². The first-order valence-corrected chi connectivity index (χ1v) is 12.5. The van der Waals surface area contributed by atoms with Crippen molar-refractivity contribution < 1.29 is 27.6 Å². The average Bonchev–Trinajstić information content (AvgIpc) is 3.22. The van der Waals surface area contributed by atoms with E-state index in [1.165, 1.54) is 0 Å². The first-order valence-electron chi connectivity index (χ1n) is 10.1. The second-order valence-corrected chi connectivity index (χ2v) is 9.90. The fourth-order valence-electron chi connectivity index (χ4n) is 3.29. The summed E-state index contributed by atoms with van der Waals surface area (Å²) in [4.78, 5) is 26.7. The molecule has 14 heteroatoms. The number of carbonyl (C=O) groups excluding carboxylic acids is 1. The molecular formula is C19H25N5O7S2. The van der Waals surface area contributed by atoms with Gasteiger partial charge >= 0.3 is 11.8 Å². The Hall–Kier alpha value is -2.94. The predicted molar refractivity (Wildman–Crippen MR) is 124 cm³/mol. The van der Waals surface area contributed by atoms with Crippen LogP contribution in [0.5, 0.6) is 5.75 Å². The number of nitrogens with two attached hydrogens (primary N) is 1. The molecule has 1 aliphatic rings. The first kappa shape index (κ1) is 24.7. The van der Waals surface area contributed by atoms with E-state index in [9.17, 15) is 23.3 Å². The van der Waals surface area contributed by atoms with E-state index in [2.05, 4.69) is 10.2 Å². The number of anilines is 2. The van der Waals surface area contributed by atoms with Crippen molar-refractivity contribution in [2.45, 2.75) is 11.1 Å². The average molecular weight is 500 g/mol. The van der Waals surface area contributed by atoms with Crippen molar-refractivity contribution in [3.63, 3.8) is 0 Å². The topological polar surface area (TPSA) is 157 Å². The van der Waals surface area contributed by atoms with Crippen molar-refractivity contribution in [3.8, 4) is 5.75 Å². The lowest BCUT2D eigenvalue weighted by atomic mass is 10.3. The monoisotopic (exact) mass is 499 g/mol. The normalized spacial score (nSPS) is 14.7. The minimum absolute atomic E-state index is 0.164. The van der Waals surface area contributed by atoms with Crippen LogP contribution in [0.25, 0.3) is 0 Å². The Morgan fingerprint density at radius 2 is 1.97 bits per heavy atom. The number of piperazine rings is 1. The van der Waals surface area contributed by atoms with Crippen molar-refractivity contribution in [2.75, 3.05) is 56.2 Å². The Morgan fingerprint density at radius 3 is 2.61 bits per heavy atom. The molecular weight excluding hydrogens is 474 g/mol. The molecule has 0 unspecified atom stereocenters. The molecule has 1 aromatic carbocycles. The minimum atomic E-state index is -4.02. The fourth-order valence-corrected chi connectivity index (χ4v) is 5.18. The molecule has 0 spiro atoms. The highest BCUT2D eigenvalue weighted by atomic mass is 32.2.